The molecule has 4 aromatic rings. The molecule has 4 heterocycles. The van der Waals surface area contributed by atoms with Crippen LogP contribution in [-0.2, 0) is 4.79 Å². The molecular weight excluding hydrogens is 597 g/mol. The second-order valence-electron chi connectivity index (χ2n) is 10.4. The summed E-state index contributed by atoms with van der Waals surface area (Å²) in [6, 6.07) is 10.5. The first-order chi connectivity index (χ1) is 20.9. The number of hydrogen-bond acceptors (Lipinski definition) is 8. The molecule has 5 rings (SSSR count). The third-order valence-electron chi connectivity index (χ3n) is 7.36. The number of nitrogens with two attached hydrogens (primary N) is 2. The molecule has 0 aliphatic carbocycles. The average molecular weight is 625 g/mol. The summed E-state index contributed by atoms with van der Waals surface area (Å²) in [6.45, 7) is 1.84. The number of amides is 1. The summed E-state index contributed by atoms with van der Waals surface area (Å²) in [5, 5.41) is 3.93. The first-order valence-corrected chi connectivity index (χ1v) is 14.0. The number of benzene rings is 1. The lowest BCUT2D eigenvalue weighted by molar-refractivity contribution is -0.119. The van der Waals surface area contributed by atoms with Crippen LogP contribution in [0.2, 0.25) is 5.02 Å². The topological polar surface area (TPSA) is 145 Å². The monoisotopic (exact) mass is 624 g/mol. The van der Waals surface area contributed by atoms with E-state index < -0.39 is 23.5 Å². The number of allylic oxidation sites excluding steroid dienone is 1. The normalized spacial score (nSPS) is 17.6. The van der Waals surface area contributed by atoms with Crippen molar-refractivity contribution in [3.05, 3.63) is 100 Å². The van der Waals surface area contributed by atoms with Crippen LogP contribution in [0.25, 0.3) is 22.4 Å². The standard InChI is InChI=1S/C30H28ClF3N8O2/c1-17-3-2-4-26(23-11-18(7-10-38-23)20-8-9-37-14-24(20)40-29(17)44)41-16-39-22(13-28(41)43)21-12-19(31)5-6-25(21)42(36)15-27(35)30(32,33)34/h5-17,26H,2-4,35-36H2,1H3,(H,40,44)/b27-15-. The van der Waals surface area contributed by atoms with E-state index in [0.29, 0.717) is 41.9 Å². The molecule has 10 nitrogen and oxygen atoms in total. The number of hydrogen-bond donors (Lipinski definition) is 3. The fourth-order valence-corrected chi connectivity index (χ4v) is 5.17. The number of anilines is 2. The van der Waals surface area contributed by atoms with E-state index >= 15 is 0 Å². The summed E-state index contributed by atoms with van der Waals surface area (Å²) < 4.78 is 40.6. The van der Waals surface area contributed by atoms with Crippen LogP contribution < -0.4 is 27.5 Å². The molecule has 1 aromatic carbocycles. The number of nitrogens with one attached hydrogen (secondary N) is 1. The van der Waals surface area contributed by atoms with Gasteiger partial charge in [0.2, 0.25) is 5.91 Å². The quantitative estimate of drug-likeness (QED) is 0.202. The van der Waals surface area contributed by atoms with Crippen molar-refractivity contribution in [3.8, 4) is 22.4 Å². The maximum absolute atomic E-state index is 13.6. The van der Waals surface area contributed by atoms with Gasteiger partial charge in [-0.2, -0.15) is 13.2 Å². The first kappa shape index (κ1) is 30.7. The van der Waals surface area contributed by atoms with E-state index in [1.54, 1.807) is 24.7 Å². The van der Waals surface area contributed by atoms with E-state index in [2.05, 4.69) is 20.3 Å². The highest BCUT2D eigenvalue weighted by molar-refractivity contribution is 6.31. The SMILES string of the molecule is CC1CCCC(n2cnc(-c3cc(Cl)ccc3N(N)/C=C(\N)C(F)(F)F)cc2=O)c2cc(ccn2)-c2ccncc2NC1=O. The molecule has 228 valence electrons. The molecule has 1 aliphatic rings. The smallest absolute Gasteiger partial charge is 0.393 e. The van der Waals surface area contributed by atoms with Gasteiger partial charge in [-0.25, -0.2) is 10.8 Å². The van der Waals surface area contributed by atoms with Crippen molar-refractivity contribution in [3.63, 3.8) is 0 Å². The highest BCUT2D eigenvalue weighted by atomic mass is 35.5. The summed E-state index contributed by atoms with van der Waals surface area (Å²) >= 11 is 6.19. The Morgan fingerprint density at radius 1 is 1.09 bits per heavy atom. The van der Waals surface area contributed by atoms with Crippen LogP contribution in [0.5, 0.6) is 0 Å². The Bertz CT molecular complexity index is 1790. The zero-order valence-corrected chi connectivity index (χ0v) is 24.2. The third-order valence-corrected chi connectivity index (χ3v) is 7.60. The van der Waals surface area contributed by atoms with Crippen LogP contribution in [0, 0.1) is 5.92 Å². The Morgan fingerprint density at radius 3 is 2.64 bits per heavy atom. The van der Waals surface area contributed by atoms with Crippen LogP contribution in [0.4, 0.5) is 24.5 Å². The number of halogens is 4. The molecule has 2 atom stereocenters. The van der Waals surface area contributed by atoms with Crippen molar-refractivity contribution in [1.82, 2.24) is 19.5 Å². The molecule has 0 radical (unpaired) electrons. The Labute approximate surface area is 255 Å². The van der Waals surface area contributed by atoms with Crippen molar-refractivity contribution < 1.29 is 18.0 Å². The largest absolute Gasteiger partial charge is 0.432 e. The summed E-state index contributed by atoms with van der Waals surface area (Å²) in [5.41, 5.74) is 6.48. The Morgan fingerprint density at radius 2 is 1.89 bits per heavy atom. The van der Waals surface area contributed by atoms with Crippen molar-refractivity contribution in [2.45, 2.75) is 38.4 Å². The number of nitrogens with zero attached hydrogens (tertiary/aromatic N) is 5. The maximum Gasteiger partial charge on any atom is 0.432 e. The number of carbonyl (C=O) groups is 1. The fraction of sp³-hybridized carbons (Fsp3) is 0.233. The van der Waals surface area contributed by atoms with Gasteiger partial charge in [0, 0.05) is 46.7 Å². The van der Waals surface area contributed by atoms with Gasteiger partial charge in [0.25, 0.3) is 5.56 Å². The minimum absolute atomic E-state index is 0.0899. The average Bonchev–Trinajstić information content (AvgIpc) is 2.98. The summed E-state index contributed by atoms with van der Waals surface area (Å²) in [7, 11) is 0. The highest BCUT2D eigenvalue weighted by Crippen LogP contribution is 2.34. The molecule has 1 amide bonds. The minimum atomic E-state index is -4.79. The first-order valence-electron chi connectivity index (χ1n) is 13.6. The van der Waals surface area contributed by atoms with E-state index in [0.717, 1.165) is 11.1 Å². The molecule has 44 heavy (non-hydrogen) atoms. The molecule has 0 saturated carbocycles. The zero-order chi connectivity index (χ0) is 31.6. The number of fused-ring (bicyclic) bond motifs is 4. The van der Waals surface area contributed by atoms with Crippen LogP contribution in [-0.4, -0.2) is 31.6 Å². The number of alkyl halides is 3. The Balaban J connectivity index is 1.57. The second kappa shape index (κ2) is 12.5. The lowest BCUT2D eigenvalue weighted by Gasteiger charge is -2.23. The molecular formula is C30H28ClF3N8O2. The minimum Gasteiger partial charge on any atom is -0.393 e. The van der Waals surface area contributed by atoms with Gasteiger partial charge < -0.3 is 11.1 Å². The maximum atomic E-state index is 13.6. The van der Waals surface area contributed by atoms with Crippen molar-refractivity contribution >= 4 is 28.9 Å². The van der Waals surface area contributed by atoms with E-state index in [1.165, 1.54) is 35.2 Å². The Kier molecular flexibility index (Phi) is 8.70. The molecule has 2 unspecified atom stereocenters. The second-order valence-corrected chi connectivity index (χ2v) is 10.8. The van der Waals surface area contributed by atoms with Gasteiger partial charge in [-0.1, -0.05) is 24.9 Å². The molecule has 0 fully saturated rings. The van der Waals surface area contributed by atoms with Gasteiger partial charge in [-0.05, 0) is 54.8 Å². The van der Waals surface area contributed by atoms with E-state index in [1.807, 2.05) is 19.1 Å². The van der Waals surface area contributed by atoms with Crippen LogP contribution in [0.3, 0.4) is 0 Å². The van der Waals surface area contributed by atoms with Gasteiger partial charge in [-0.3, -0.25) is 29.1 Å². The number of aromatic nitrogens is 4. The molecule has 3 aromatic heterocycles. The number of pyridine rings is 2. The highest BCUT2D eigenvalue weighted by Gasteiger charge is 2.32. The van der Waals surface area contributed by atoms with Crippen molar-refractivity contribution in [2.24, 2.45) is 17.5 Å². The Hall–Kier alpha value is -4.75. The van der Waals surface area contributed by atoms with Gasteiger partial charge >= 0.3 is 6.18 Å². The van der Waals surface area contributed by atoms with Crippen molar-refractivity contribution in [1.29, 1.82) is 0 Å². The molecule has 14 heteroatoms. The summed E-state index contributed by atoms with van der Waals surface area (Å²) in [4.78, 5) is 39.7. The van der Waals surface area contributed by atoms with Crippen molar-refractivity contribution in [2.75, 3.05) is 10.3 Å². The van der Waals surface area contributed by atoms with E-state index in [4.69, 9.17) is 23.2 Å². The summed E-state index contributed by atoms with van der Waals surface area (Å²) in [6.07, 6.45) is 3.62. The van der Waals surface area contributed by atoms with Crippen LogP contribution >= 0.6 is 11.6 Å². The summed E-state index contributed by atoms with van der Waals surface area (Å²) in [5.74, 6) is 5.49. The van der Waals surface area contributed by atoms with E-state index in [-0.39, 0.29) is 33.8 Å². The number of hydrazine groups is 1. The third kappa shape index (κ3) is 6.58. The van der Waals surface area contributed by atoms with Gasteiger partial charge in [0.15, 0.2) is 0 Å². The predicted molar refractivity (Wildman–Crippen MR) is 161 cm³/mol. The molecule has 1 aliphatic heterocycles. The lowest BCUT2D eigenvalue weighted by atomic mass is 9.96. The molecule has 5 N–H and O–H groups in total. The van der Waals surface area contributed by atoms with Gasteiger partial charge in [0.1, 0.15) is 5.70 Å². The van der Waals surface area contributed by atoms with Gasteiger partial charge in [0.05, 0.1) is 41.3 Å². The molecule has 0 saturated heterocycles. The number of carbonyl (C=O) groups excluding carboxylic acids is 1. The zero-order valence-electron chi connectivity index (χ0n) is 23.4. The van der Waals surface area contributed by atoms with Gasteiger partial charge in [-0.15, -0.1) is 0 Å². The molecule has 2 bridgehead atoms. The lowest BCUT2D eigenvalue weighted by Crippen LogP contribution is -2.30. The fourth-order valence-electron chi connectivity index (χ4n) is 5.00. The predicted octanol–water partition coefficient (Wildman–Crippen LogP) is 5.41. The molecule has 0 spiro atoms. The van der Waals surface area contributed by atoms with Crippen LogP contribution in [0.15, 0.2) is 84.1 Å². The van der Waals surface area contributed by atoms with E-state index in [9.17, 15) is 22.8 Å². The van der Waals surface area contributed by atoms with Crippen LogP contribution in [0.1, 0.15) is 37.9 Å². The number of rotatable bonds is 4.